The van der Waals surface area contributed by atoms with Gasteiger partial charge in [0.2, 0.25) is 5.91 Å². The molecule has 2 rings (SSSR count). The summed E-state index contributed by atoms with van der Waals surface area (Å²) in [6, 6.07) is 7.71. The van der Waals surface area contributed by atoms with E-state index in [9.17, 15) is 4.79 Å². The molecule has 1 aromatic rings. The molecule has 1 aromatic carbocycles. The molecule has 0 unspecified atom stereocenters. The van der Waals surface area contributed by atoms with Crippen molar-refractivity contribution < 1.29 is 9.90 Å². The highest BCUT2D eigenvalue weighted by molar-refractivity contribution is 5.98. The Balaban J connectivity index is 1.98. The molecule has 0 aliphatic heterocycles. The first-order chi connectivity index (χ1) is 8.64. The smallest absolute Gasteiger partial charge is 0.244 e. The number of aryl methyl sites for hydroxylation is 1. The van der Waals surface area contributed by atoms with Gasteiger partial charge in [-0.05, 0) is 49.8 Å². The van der Waals surface area contributed by atoms with E-state index in [2.05, 4.69) is 5.32 Å². The van der Waals surface area contributed by atoms with Crippen LogP contribution in [0.25, 0.3) is 0 Å². The number of rotatable bonds is 5. The van der Waals surface area contributed by atoms with E-state index >= 15 is 0 Å². The molecule has 0 bridgehead atoms. The van der Waals surface area contributed by atoms with Crippen LogP contribution in [0.3, 0.4) is 0 Å². The van der Waals surface area contributed by atoms with Gasteiger partial charge in [0.05, 0.1) is 5.54 Å². The number of benzene rings is 1. The molecule has 4 heteroatoms. The van der Waals surface area contributed by atoms with Crippen LogP contribution in [0.4, 0.5) is 5.69 Å². The standard InChI is InChI=1S/C14H20N2O2/c15-14(7-3-8-14)13(18)16-12-6-1-4-11(10-12)5-2-9-17/h1,4,6,10,17H,2-3,5,7-9,15H2,(H,16,18). The van der Waals surface area contributed by atoms with E-state index in [1.807, 2.05) is 24.3 Å². The molecule has 18 heavy (non-hydrogen) atoms. The van der Waals surface area contributed by atoms with Gasteiger partial charge in [0.25, 0.3) is 0 Å². The molecule has 0 radical (unpaired) electrons. The molecule has 0 aromatic heterocycles. The molecule has 0 saturated heterocycles. The molecule has 0 atom stereocenters. The lowest BCUT2D eigenvalue weighted by atomic mass is 9.77. The molecule has 1 aliphatic carbocycles. The molecule has 1 aliphatic rings. The SMILES string of the molecule is NC1(C(=O)Nc2cccc(CCCO)c2)CCC1. The maximum atomic E-state index is 12.0. The molecule has 4 N–H and O–H groups in total. The van der Waals surface area contributed by atoms with Crippen LogP contribution >= 0.6 is 0 Å². The second-order valence-corrected chi connectivity index (χ2v) is 4.99. The van der Waals surface area contributed by atoms with Gasteiger partial charge in [-0.15, -0.1) is 0 Å². The summed E-state index contributed by atoms with van der Waals surface area (Å²) in [4.78, 5) is 12.0. The summed E-state index contributed by atoms with van der Waals surface area (Å²) < 4.78 is 0. The lowest BCUT2D eigenvalue weighted by molar-refractivity contribution is -0.123. The predicted molar refractivity (Wildman–Crippen MR) is 71.2 cm³/mol. The molecule has 1 fully saturated rings. The molecule has 98 valence electrons. The van der Waals surface area contributed by atoms with Crippen LogP contribution in [0.2, 0.25) is 0 Å². The van der Waals surface area contributed by atoms with Gasteiger partial charge in [0, 0.05) is 12.3 Å². The number of carbonyl (C=O) groups excluding carboxylic acids is 1. The van der Waals surface area contributed by atoms with Crippen molar-refractivity contribution in [3.8, 4) is 0 Å². The van der Waals surface area contributed by atoms with Gasteiger partial charge < -0.3 is 16.2 Å². The van der Waals surface area contributed by atoms with Crippen molar-refractivity contribution in [2.24, 2.45) is 5.73 Å². The number of nitrogens with one attached hydrogen (secondary N) is 1. The minimum atomic E-state index is -0.666. The molecule has 4 nitrogen and oxygen atoms in total. The molecule has 0 heterocycles. The van der Waals surface area contributed by atoms with Crippen LogP contribution in [0.5, 0.6) is 0 Å². The summed E-state index contributed by atoms with van der Waals surface area (Å²) in [5, 5.41) is 11.7. The quantitative estimate of drug-likeness (QED) is 0.738. The zero-order valence-corrected chi connectivity index (χ0v) is 10.5. The van der Waals surface area contributed by atoms with E-state index in [-0.39, 0.29) is 12.5 Å². The van der Waals surface area contributed by atoms with Crippen LogP contribution in [0.15, 0.2) is 24.3 Å². The Hall–Kier alpha value is -1.39. The van der Waals surface area contributed by atoms with Crippen molar-refractivity contribution in [2.75, 3.05) is 11.9 Å². The first-order valence-corrected chi connectivity index (χ1v) is 6.44. The minimum absolute atomic E-state index is 0.0898. The fourth-order valence-corrected chi connectivity index (χ4v) is 2.13. The Morgan fingerprint density at radius 2 is 2.22 bits per heavy atom. The van der Waals surface area contributed by atoms with Gasteiger partial charge >= 0.3 is 0 Å². The number of nitrogens with two attached hydrogens (primary N) is 1. The molecule has 0 spiro atoms. The highest BCUT2D eigenvalue weighted by atomic mass is 16.2. The highest BCUT2D eigenvalue weighted by Crippen LogP contribution is 2.30. The van der Waals surface area contributed by atoms with Crippen LogP contribution in [-0.4, -0.2) is 23.2 Å². The third kappa shape index (κ3) is 2.89. The lowest BCUT2D eigenvalue weighted by Gasteiger charge is -2.36. The van der Waals surface area contributed by atoms with Crippen LogP contribution in [0.1, 0.15) is 31.2 Å². The average molecular weight is 248 g/mol. The number of aliphatic hydroxyl groups excluding tert-OH is 1. The Morgan fingerprint density at radius 3 is 2.83 bits per heavy atom. The van der Waals surface area contributed by atoms with E-state index in [0.717, 1.165) is 43.4 Å². The second kappa shape index (κ2) is 5.50. The summed E-state index contributed by atoms with van der Waals surface area (Å²) in [7, 11) is 0. The van der Waals surface area contributed by atoms with E-state index < -0.39 is 5.54 Å². The third-order valence-corrected chi connectivity index (χ3v) is 3.51. The summed E-state index contributed by atoms with van der Waals surface area (Å²) in [6.07, 6.45) is 4.11. The highest BCUT2D eigenvalue weighted by Gasteiger charge is 2.40. The second-order valence-electron chi connectivity index (χ2n) is 4.99. The molecule has 1 saturated carbocycles. The zero-order chi connectivity index (χ0) is 13.0. The van der Waals surface area contributed by atoms with Crippen molar-refractivity contribution in [3.05, 3.63) is 29.8 Å². The van der Waals surface area contributed by atoms with Gasteiger partial charge in [-0.1, -0.05) is 12.1 Å². The monoisotopic (exact) mass is 248 g/mol. The Labute approximate surface area is 107 Å². The Morgan fingerprint density at radius 1 is 1.44 bits per heavy atom. The predicted octanol–water partition coefficient (Wildman–Crippen LogP) is 1.43. The number of amides is 1. The summed E-state index contributed by atoms with van der Waals surface area (Å²) in [5.41, 5.74) is 7.20. The van der Waals surface area contributed by atoms with Crippen molar-refractivity contribution >= 4 is 11.6 Å². The normalized spacial score (nSPS) is 17.0. The largest absolute Gasteiger partial charge is 0.396 e. The van der Waals surface area contributed by atoms with Gasteiger partial charge in [0.1, 0.15) is 0 Å². The summed E-state index contributed by atoms with van der Waals surface area (Å²) in [6.45, 7) is 0.183. The first kappa shape index (κ1) is 13.1. The summed E-state index contributed by atoms with van der Waals surface area (Å²) >= 11 is 0. The van der Waals surface area contributed by atoms with Crippen molar-refractivity contribution in [1.29, 1.82) is 0 Å². The molecule has 1 amide bonds. The van der Waals surface area contributed by atoms with E-state index in [0.29, 0.717) is 0 Å². The first-order valence-electron chi connectivity index (χ1n) is 6.44. The van der Waals surface area contributed by atoms with Crippen LogP contribution in [0, 0.1) is 0 Å². The van der Waals surface area contributed by atoms with Gasteiger partial charge in [0.15, 0.2) is 0 Å². The fraction of sp³-hybridized carbons (Fsp3) is 0.500. The van der Waals surface area contributed by atoms with Crippen molar-refractivity contribution in [3.63, 3.8) is 0 Å². The number of carbonyl (C=O) groups is 1. The number of hydrogen-bond donors (Lipinski definition) is 3. The number of hydrogen-bond acceptors (Lipinski definition) is 3. The van der Waals surface area contributed by atoms with Crippen molar-refractivity contribution in [1.82, 2.24) is 0 Å². The number of anilines is 1. The maximum Gasteiger partial charge on any atom is 0.244 e. The van der Waals surface area contributed by atoms with Gasteiger partial charge in [-0.25, -0.2) is 0 Å². The Bertz CT molecular complexity index is 428. The third-order valence-electron chi connectivity index (χ3n) is 3.51. The average Bonchev–Trinajstić information content (AvgIpc) is 2.34. The van der Waals surface area contributed by atoms with Crippen LogP contribution in [-0.2, 0) is 11.2 Å². The molecular weight excluding hydrogens is 228 g/mol. The van der Waals surface area contributed by atoms with E-state index in [4.69, 9.17) is 10.8 Å². The van der Waals surface area contributed by atoms with Crippen LogP contribution < -0.4 is 11.1 Å². The van der Waals surface area contributed by atoms with Gasteiger partial charge in [-0.2, -0.15) is 0 Å². The van der Waals surface area contributed by atoms with E-state index in [1.165, 1.54) is 0 Å². The Kier molecular flexibility index (Phi) is 3.99. The number of aliphatic hydroxyl groups is 1. The zero-order valence-electron chi connectivity index (χ0n) is 10.5. The van der Waals surface area contributed by atoms with Crippen molar-refractivity contribution in [2.45, 2.75) is 37.6 Å². The maximum absolute atomic E-state index is 12.0. The van der Waals surface area contributed by atoms with Gasteiger partial charge in [-0.3, -0.25) is 4.79 Å². The summed E-state index contributed by atoms with van der Waals surface area (Å²) in [5.74, 6) is -0.0898. The fourth-order valence-electron chi connectivity index (χ4n) is 2.13. The lowest BCUT2D eigenvalue weighted by Crippen LogP contribution is -2.56. The minimum Gasteiger partial charge on any atom is -0.396 e. The topological polar surface area (TPSA) is 75.4 Å². The molecular formula is C14H20N2O2. The van der Waals surface area contributed by atoms with E-state index in [1.54, 1.807) is 0 Å².